The summed E-state index contributed by atoms with van der Waals surface area (Å²) in [6, 6.07) is 6.83. The Balaban J connectivity index is 1.74. The second-order valence-corrected chi connectivity index (χ2v) is 5.12. The molecule has 0 aliphatic carbocycles. The molecule has 0 atom stereocenters. The summed E-state index contributed by atoms with van der Waals surface area (Å²) in [5.74, 6) is 0.485. The summed E-state index contributed by atoms with van der Waals surface area (Å²) < 4.78 is 15.6. The summed E-state index contributed by atoms with van der Waals surface area (Å²) in [5.41, 5.74) is 1.48. The van der Waals surface area contributed by atoms with Crippen LogP contribution >= 0.6 is 0 Å². The summed E-state index contributed by atoms with van der Waals surface area (Å²) >= 11 is 0. The summed E-state index contributed by atoms with van der Waals surface area (Å²) in [7, 11) is 0. The number of hydrogen-bond acceptors (Lipinski definition) is 2. The number of piperidine rings is 1. The van der Waals surface area contributed by atoms with Gasteiger partial charge in [-0.2, -0.15) is 5.10 Å². The van der Waals surface area contributed by atoms with Crippen LogP contribution in [-0.2, 0) is 6.54 Å². The molecular weight excluding hydrogens is 241 g/mol. The molecule has 0 bridgehead atoms. The molecule has 3 nitrogen and oxygen atoms in total. The van der Waals surface area contributed by atoms with Crippen molar-refractivity contribution >= 4 is 0 Å². The molecule has 3 rings (SSSR count). The minimum absolute atomic E-state index is 0.191. The fourth-order valence-corrected chi connectivity index (χ4v) is 2.63. The highest BCUT2D eigenvalue weighted by Crippen LogP contribution is 2.22. The molecule has 1 aliphatic heterocycles. The maximum Gasteiger partial charge on any atom is 0.131 e. The predicted octanol–water partition coefficient (Wildman–Crippen LogP) is 2.69. The quantitative estimate of drug-likeness (QED) is 0.918. The first-order valence-corrected chi connectivity index (χ1v) is 6.81. The monoisotopic (exact) mass is 259 g/mol. The average Bonchev–Trinajstić information content (AvgIpc) is 2.89. The Hall–Kier alpha value is -1.68. The lowest BCUT2D eigenvalue weighted by atomic mass is 9.98. The van der Waals surface area contributed by atoms with E-state index in [0.29, 0.717) is 11.5 Å². The largest absolute Gasteiger partial charge is 0.317 e. The van der Waals surface area contributed by atoms with Gasteiger partial charge in [0.15, 0.2) is 0 Å². The van der Waals surface area contributed by atoms with Crippen LogP contribution in [-0.4, -0.2) is 22.9 Å². The number of nitrogens with zero attached hydrogens (tertiary/aromatic N) is 2. The molecule has 1 aliphatic rings. The molecule has 0 radical (unpaired) electrons. The van der Waals surface area contributed by atoms with Gasteiger partial charge < -0.3 is 5.32 Å². The van der Waals surface area contributed by atoms with Crippen molar-refractivity contribution in [2.75, 3.05) is 13.1 Å². The first-order chi connectivity index (χ1) is 9.33. The van der Waals surface area contributed by atoms with Gasteiger partial charge in [0.05, 0.1) is 6.20 Å². The van der Waals surface area contributed by atoms with Crippen LogP contribution in [0.15, 0.2) is 36.7 Å². The van der Waals surface area contributed by atoms with Crippen molar-refractivity contribution in [2.45, 2.75) is 19.4 Å². The van der Waals surface area contributed by atoms with Crippen molar-refractivity contribution in [1.29, 1.82) is 0 Å². The average molecular weight is 259 g/mol. The van der Waals surface area contributed by atoms with E-state index in [1.807, 2.05) is 16.9 Å². The molecule has 1 fully saturated rings. The first kappa shape index (κ1) is 12.4. The second-order valence-electron chi connectivity index (χ2n) is 5.12. The SMILES string of the molecule is Fc1ccccc1-c1cnn(CC2CCNCC2)c1. The van der Waals surface area contributed by atoms with Crippen LogP contribution in [0, 0.1) is 11.7 Å². The third-order valence-corrected chi connectivity index (χ3v) is 3.72. The minimum Gasteiger partial charge on any atom is -0.317 e. The Morgan fingerprint density at radius 1 is 1.26 bits per heavy atom. The second kappa shape index (κ2) is 5.53. The molecule has 1 N–H and O–H groups in total. The highest BCUT2D eigenvalue weighted by molar-refractivity contribution is 5.62. The fourth-order valence-electron chi connectivity index (χ4n) is 2.63. The van der Waals surface area contributed by atoms with Crippen LogP contribution in [0.2, 0.25) is 0 Å². The Morgan fingerprint density at radius 3 is 2.84 bits per heavy atom. The van der Waals surface area contributed by atoms with E-state index in [1.165, 1.54) is 18.9 Å². The Bertz CT molecular complexity index is 544. The maximum absolute atomic E-state index is 13.7. The van der Waals surface area contributed by atoms with Crippen molar-refractivity contribution in [3.05, 3.63) is 42.5 Å². The van der Waals surface area contributed by atoms with E-state index in [9.17, 15) is 4.39 Å². The van der Waals surface area contributed by atoms with E-state index in [2.05, 4.69) is 10.4 Å². The van der Waals surface area contributed by atoms with Gasteiger partial charge in [-0.1, -0.05) is 18.2 Å². The summed E-state index contributed by atoms with van der Waals surface area (Å²) in [5, 5.41) is 7.72. The Morgan fingerprint density at radius 2 is 2.05 bits per heavy atom. The van der Waals surface area contributed by atoms with Crippen LogP contribution in [0.25, 0.3) is 11.1 Å². The number of rotatable bonds is 3. The van der Waals surface area contributed by atoms with Crippen molar-refractivity contribution in [1.82, 2.24) is 15.1 Å². The Kier molecular flexibility index (Phi) is 3.60. The predicted molar refractivity (Wildman–Crippen MR) is 73.2 cm³/mol. The molecule has 100 valence electrons. The first-order valence-electron chi connectivity index (χ1n) is 6.81. The van der Waals surface area contributed by atoms with Crippen molar-refractivity contribution in [3.63, 3.8) is 0 Å². The number of hydrogen-bond donors (Lipinski definition) is 1. The van der Waals surface area contributed by atoms with Crippen LogP contribution < -0.4 is 5.32 Å². The lowest BCUT2D eigenvalue weighted by Gasteiger charge is -2.22. The zero-order valence-electron chi connectivity index (χ0n) is 10.8. The van der Waals surface area contributed by atoms with E-state index in [0.717, 1.165) is 25.2 Å². The van der Waals surface area contributed by atoms with E-state index >= 15 is 0 Å². The Labute approximate surface area is 112 Å². The standard InChI is InChI=1S/C15H18FN3/c16-15-4-2-1-3-14(15)13-9-18-19(11-13)10-12-5-7-17-8-6-12/h1-4,9,11-12,17H,5-8,10H2. The number of benzene rings is 1. The number of halogens is 1. The normalized spacial score (nSPS) is 16.7. The van der Waals surface area contributed by atoms with Crippen LogP contribution in [0.1, 0.15) is 12.8 Å². The lowest BCUT2D eigenvalue weighted by Crippen LogP contribution is -2.29. The highest BCUT2D eigenvalue weighted by atomic mass is 19.1. The molecule has 0 spiro atoms. The van der Waals surface area contributed by atoms with Crippen molar-refractivity contribution in [3.8, 4) is 11.1 Å². The third-order valence-electron chi connectivity index (χ3n) is 3.72. The zero-order chi connectivity index (χ0) is 13.1. The lowest BCUT2D eigenvalue weighted by molar-refractivity contribution is 0.321. The molecule has 2 aromatic rings. The molecule has 19 heavy (non-hydrogen) atoms. The molecular formula is C15H18FN3. The summed E-state index contributed by atoms with van der Waals surface area (Å²) in [6.07, 6.45) is 6.07. The van der Waals surface area contributed by atoms with Crippen LogP contribution in [0.5, 0.6) is 0 Å². The topological polar surface area (TPSA) is 29.9 Å². The van der Waals surface area contributed by atoms with Crippen molar-refractivity contribution < 1.29 is 4.39 Å². The molecule has 2 heterocycles. The van der Waals surface area contributed by atoms with Crippen LogP contribution in [0.4, 0.5) is 4.39 Å². The van der Waals surface area contributed by atoms with Gasteiger partial charge >= 0.3 is 0 Å². The van der Waals surface area contributed by atoms with Gasteiger partial charge in [-0.3, -0.25) is 4.68 Å². The van der Waals surface area contributed by atoms with E-state index in [4.69, 9.17) is 0 Å². The van der Waals surface area contributed by atoms with Gasteiger partial charge in [-0.05, 0) is 37.9 Å². The minimum atomic E-state index is -0.191. The summed E-state index contributed by atoms with van der Waals surface area (Å²) in [4.78, 5) is 0. The van der Waals surface area contributed by atoms with Gasteiger partial charge in [0.1, 0.15) is 5.82 Å². The molecule has 1 aromatic carbocycles. The zero-order valence-corrected chi connectivity index (χ0v) is 10.8. The molecule has 0 saturated carbocycles. The maximum atomic E-state index is 13.7. The van der Waals surface area contributed by atoms with E-state index in [-0.39, 0.29) is 5.82 Å². The third kappa shape index (κ3) is 2.84. The van der Waals surface area contributed by atoms with Crippen LogP contribution in [0.3, 0.4) is 0 Å². The van der Waals surface area contributed by atoms with Gasteiger partial charge in [0.25, 0.3) is 0 Å². The number of aromatic nitrogens is 2. The van der Waals surface area contributed by atoms with Gasteiger partial charge in [-0.15, -0.1) is 0 Å². The smallest absolute Gasteiger partial charge is 0.131 e. The van der Waals surface area contributed by atoms with Gasteiger partial charge in [-0.25, -0.2) is 4.39 Å². The summed E-state index contributed by atoms with van der Waals surface area (Å²) in [6.45, 7) is 3.11. The molecule has 0 unspecified atom stereocenters. The fraction of sp³-hybridized carbons (Fsp3) is 0.400. The van der Waals surface area contributed by atoms with E-state index in [1.54, 1.807) is 18.3 Å². The molecule has 0 amide bonds. The molecule has 1 aromatic heterocycles. The molecule has 4 heteroatoms. The van der Waals surface area contributed by atoms with Gasteiger partial charge in [0.2, 0.25) is 0 Å². The van der Waals surface area contributed by atoms with Gasteiger partial charge in [0, 0.05) is 23.9 Å². The molecule has 1 saturated heterocycles. The highest BCUT2D eigenvalue weighted by Gasteiger charge is 2.14. The number of nitrogens with one attached hydrogen (secondary N) is 1. The van der Waals surface area contributed by atoms with E-state index < -0.39 is 0 Å². The van der Waals surface area contributed by atoms with Crippen molar-refractivity contribution in [2.24, 2.45) is 5.92 Å².